The van der Waals surface area contributed by atoms with Crippen LogP contribution in [0.1, 0.15) is 69.1 Å². The number of methoxy groups -OCH3 is 1. The van der Waals surface area contributed by atoms with Crippen LogP contribution in [0.15, 0.2) is 33.7 Å². The van der Waals surface area contributed by atoms with E-state index < -0.39 is 16.0 Å². The monoisotopic (exact) mass is 583 g/mol. The van der Waals surface area contributed by atoms with Gasteiger partial charge in [-0.2, -0.15) is 4.31 Å². The fraction of sp³-hybridized carbons (Fsp3) is 0.414. The predicted octanol–water partition coefficient (Wildman–Crippen LogP) is 5.23. The molecule has 9 nitrogen and oxygen atoms in total. The summed E-state index contributed by atoms with van der Waals surface area (Å²) in [6, 6.07) is 7.84. The molecular formula is C29H33N3O6S2. The molecule has 0 unspecified atom stereocenters. The van der Waals surface area contributed by atoms with Crippen molar-refractivity contribution >= 4 is 50.4 Å². The highest BCUT2D eigenvalue weighted by Crippen LogP contribution is 2.39. The average molecular weight is 584 g/mol. The number of thiophene rings is 1. The molecule has 0 spiro atoms. The number of carbonyl (C=O) groups is 2. The van der Waals surface area contributed by atoms with Gasteiger partial charge in [-0.05, 0) is 69.6 Å². The molecule has 1 aliphatic carbocycles. The summed E-state index contributed by atoms with van der Waals surface area (Å²) < 4.78 is 39.0. The maximum Gasteiger partial charge on any atom is 0.341 e. The van der Waals surface area contributed by atoms with Gasteiger partial charge in [-0.25, -0.2) is 13.2 Å². The largest absolute Gasteiger partial charge is 0.465 e. The van der Waals surface area contributed by atoms with Crippen LogP contribution >= 0.6 is 11.3 Å². The van der Waals surface area contributed by atoms with E-state index in [1.165, 1.54) is 22.8 Å². The molecule has 1 aromatic carbocycles. The molecular weight excluding hydrogens is 550 g/mol. The second kappa shape index (κ2) is 11.7. The number of nitrogens with one attached hydrogen (secondary N) is 1. The molecule has 2 aliphatic rings. The van der Waals surface area contributed by atoms with E-state index in [0.717, 1.165) is 47.3 Å². The molecule has 40 heavy (non-hydrogen) atoms. The Balaban J connectivity index is 1.27. The van der Waals surface area contributed by atoms with Gasteiger partial charge in [-0.15, -0.1) is 11.3 Å². The zero-order chi connectivity index (χ0) is 28.4. The summed E-state index contributed by atoms with van der Waals surface area (Å²) in [5, 5.41) is 7.41. The summed E-state index contributed by atoms with van der Waals surface area (Å²) in [7, 11) is -2.54. The fourth-order valence-corrected chi connectivity index (χ4v) is 8.32. The van der Waals surface area contributed by atoms with Gasteiger partial charge in [-0.3, -0.25) is 4.79 Å². The van der Waals surface area contributed by atoms with Gasteiger partial charge in [0, 0.05) is 23.9 Å². The molecule has 3 aromatic rings. The van der Waals surface area contributed by atoms with Gasteiger partial charge >= 0.3 is 5.97 Å². The number of hydrogen-bond donors (Lipinski definition) is 1. The van der Waals surface area contributed by atoms with Crippen LogP contribution in [0, 0.1) is 19.8 Å². The number of ether oxygens (including phenoxy) is 1. The number of hydrogen-bond acceptors (Lipinski definition) is 8. The van der Waals surface area contributed by atoms with E-state index in [1.807, 2.05) is 31.2 Å². The van der Waals surface area contributed by atoms with Gasteiger partial charge in [0.05, 0.1) is 12.7 Å². The first-order valence-corrected chi connectivity index (χ1v) is 15.7. The van der Waals surface area contributed by atoms with Crippen LogP contribution in [0.3, 0.4) is 0 Å². The van der Waals surface area contributed by atoms with Crippen LogP contribution < -0.4 is 5.32 Å². The van der Waals surface area contributed by atoms with E-state index >= 15 is 0 Å². The van der Waals surface area contributed by atoms with Gasteiger partial charge in [-0.1, -0.05) is 41.1 Å². The fourth-order valence-electron chi connectivity index (χ4n) is 5.32. The quantitative estimate of drug-likeness (QED) is 0.379. The van der Waals surface area contributed by atoms with Gasteiger partial charge in [0.1, 0.15) is 10.7 Å². The van der Waals surface area contributed by atoms with E-state index in [2.05, 4.69) is 10.5 Å². The van der Waals surface area contributed by atoms with Crippen LogP contribution in [0.25, 0.3) is 12.2 Å². The van der Waals surface area contributed by atoms with Gasteiger partial charge in [0.25, 0.3) is 0 Å². The number of carbonyl (C=O) groups excluding carboxylic acids is 2. The normalized spacial score (nSPS) is 16.7. The van der Waals surface area contributed by atoms with Crippen LogP contribution in [0.4, 0.5) is 5.00 Å². The van der Waals surface area contributed by atoms with E-state index in [0.29, 0.717) is 29.1 Å². The SMILES string of the molecule is COC(=O)c1c(NC(=O)C2CCN(S(=O)(=O)c3c(C)noc3/C=C/c3ccc(C)cc3)CC2)sc2c1CCCC2. The summed E-state index contributed by atoms with van der Waals surface area (Å²) in [6.07, 6.45) is 7.89. The topological polar surface area (TPSA) is 119 Å². The lowest BCUT2D eigenvalue weighted by atomic mass is 9.95. The third-order valence-electron chi connectivity index (χ3n) is 7.56. The Hall–Kier alpha value is -3.28. The van der Waals surface area contributed by atoms with Crippen molar-refractivity contribution in [3.05, 3.63) is 62.9 Å². The minimum atomic E-state index is -3.89. The Morgan fingerprint density at radius 2 is 1.80 bits per heavy atom. The van der Waals surface area contributed by atoms with Gasteiger partial charge < -0.3 is 14.6 Å². The summed E-state index contributed by atoms with van der Waals surface area (Å²) in [5.74, 6) is -0.842. The second-order valence-corrected chi connectivity index (χ2v) is 13.3. The first kappa shape index (κ1) is 28.3. The number of piperidine rings is 1. The van der Waals surface area contributed by atoms with Crippen molar-refractivity contribution in [2.75, 3.05) is 25.5 Å². The molecule has 1 N–H and O–H groups in total. The Labute approximate surface area is 238 Å². The lowest BCUT2D eigenvalue weighted by Crippen LogP contribution is -2.41. The summed E-state index contributed by atoms with van der Waals surface area (Å²) in [5.41, 5.74) is 3.78. The average Bonchev–Trinajstić information content (AvgIpc) is 3.52. The standard InChI is InChI=1S/C29H33N3O6S2/c1-18-8-10-20(11-9-18)12-13-23-26(19(2)31-38-23)40(35,36)32-16-14-21(15-17-32)27(33)30-28-25(29(34)37-3)22-6-4-5-7-24(22)39-28/h8-13,21H,4-7,14-17H2,1-3H3,(H,30,33)/b13-12+. The number of nitrogens with zero attached hydrogens (tertiary/aromatic N) is 2. The van der Waals surface area contributed by atoms with Crippen molar-refractivity contribution in [1.29, 1.82) is 0 Å². The molecule has 11 heteroatoms. The maximum absolute atomic E-state index is 13.6. The van der Waals surface area contributed by atoms with Crippen molar-refractivity contribution < 1.29 is 27.3 Å². The number of aryl methyl sites for hydroxylation is 3. The first-order valence-electron chi connectivity index (χ1n) is 13.4. The Morgan fingerprint density at radius 1 is 1.10 bits per heavy atom. The third kappa shape index (κ3) is 5.63. The van der Waals surface area contributed by atoms with Crippen LogP contribution in [-0.4, -0.2) is 50.0 Å². The number of benzene rings is 1. The molecule has 5 rings (SSSR count). The number of anilines is 1. The van der Waals surface area contributed by atoms with Crippen LogP contribution in [-0.2, 0) is 32.4 Å². The molecule has 2 aromatic heterocycles. The molecule has 0 bridgehead atoms. The number of rotatable bonds is 7. The van der Waals surface area contributed by atoms with Crippen molar-refractivity contribution in [1.82, 2.24) is 9.46 Å². The Morgan fingerprint density at radius 3 is 2.50 bits per heavy atom. The molecule has 1 fully saturated rings. The van der Waals surface area contributed by atoms with Gasteiger partial charge in [0.2, 0.25) is 15.9 Å². The summed E-state index contributed by atoms with van der Waals surface area (Å²) in [4.78, 5) is 26.9. The third-order valence-corrected chi connectivity index (χ3v) is 10.8. The highest BCUT2D eigenvalue weighted by atomic mass is 32.2. The number of esters is 1. The molecule has 0 saturated carbocycles. The minimum absolute atomic E-state index is 0.0469. The highest BCUT2D eigenvalue weighted by molar-refractivity contribution is 7.89. The molecule has 212 valence electrons. The number of fused-ring (bicyclic) bond motifs is 1. The molecule has 1 saturated heterocycles. The van der Waals surface area contributed by atoms with Crippen LogP contribution in [0.5, 0.6) is 0 Å². The first-order chi connectivity index (χ1) is 19.2. The molecule has 1 amide bonds. The van der Waals surface area contributed by atoms with Crippen molar-refractivity contribution in [2.24, 2.45) is 5.92 Å². The highest BCUT2D eigenvalue weighted by Gasteiger charge is 2.36. The number of amides is 1. The molecule has 0 atom stereocenters. The minimum Gasteiger partial charge on any atom is -0.465 e. The van der Waals surface area contributed by atoms with E-state index in [1.54, 1.807) is 19.1 Å². The van der Waals surface area contributed by atoms with E-state index in [-0.39, 0.29) is 35.6 Å². The number of aromatic nitrogens is 1. The lowest BCUT2D eigenvalue weighted by molar-refractivity contribution is -0.120. The smallest absolute Gasteiger partial charge is 0.341 e. The summed E-state index contributed by atoms with van der Waals surface area (Å²) >= 11 is 1.44. The zero-order valence-corrected chi connectivity index (χ0v) is 24.5. The van der Waals surface area contributed by atoms with Crippen LogP contribution in [0.2, 0.25) is 0 Å². The van der Waals surface area contributed by atoms with E-state index in [4.69, 9.17) is 9.26 Å². The van der Waals surface area contributed by atoms with Crippen molar-refractivity contribution in [2.45, 2.75) is 57.3 Å². The Kier molecular flexibility index (Phi) is 8.25. The predicted molar refractivity (Wildman–Crippen MR) is 154 cm³/mol. The second-order valence-electron chi connectivity index (χ2n) is 10.3. The molecule has 0 radical (unpaired) electrons. The lowest BCUT2D eigenvalue weighted by Gasteiger charge is -2.30. The van der Waals surface area contributed by atoms with Crippen molar-refractivity contribution in [3.8, 4) is 0 Å². The maximum atomic E-state index is 13.6. The number of sulfonamides is 1. The zero-order valence-electron chi connectivity index (χ0n) is 22.9. The Bertz CT molecular complexity index is 1540. The van der Waals surface area contributed by atoms with Crippen molar-refractivity contribution in [3.63, 3.8) is 0 Å². The molecule has 3 heterocycles. The van der Waals surface area contributed by atoms with Gasteiger partial charge in [0.15, 0.2) is 10.7 Å². The summed E-state index contributed by atoms with van der Waals surface area (Å²) in [6.45, 7) is 3.99. The molecule has 1 aliphatic heterocycles. The van der Waals surface area contributed by atoms with E-state index in [9.17, 15) is 18.0 Å².